The van der Waals surface area contributed by atoms with Gasteiger partial charge < -0.3 is 10.2 Å². The van der Waals surface area contributed by atoms with Crippen LogP contribution in [0, 0.1) is 0 Å². The Morgan fingerprint density at radius 2 is 0.912 bits per heavy atom. The highest BCUT2D eigenvalue weighted by atomic mass is 35.5. The lowest BCUT2D eigenvalue weighted by Gasteiger charge is -2.14. The molecule has 0 aliphatic heterocycles. The standard InChI is InChI=1S/C20H20ClF3O4S.C20H21F3O4S/c21-16-9-11-17(12-10-16)29(27,28)18(19(25)26)8-3-1-2-5-14-6-4-7-15(13-14)20(22,23)24;21-20(22,23)16-10-7-9-15(14-16)8-3-1-6-13-18(19(24)25)28(26,27)17-11-4-2-5-12-17/h4,6-7,9-13,18H,1-3,5,8H2,(H,25,26);2,4-5,7,9-12,14,18H,1,3,6,8,13H2,(H,24,25). The molecule has 0 saturated carbocycles. The van der Waals surface area contributed by atoms with E-state index in [1.807, 2.05) is 0 Å². The summed E-state index contributed by atoms with van der Waals surface area (Å²) in [6.45, 7) is 0. The topological polar surface area (TPSA) is 143 Å². The predicted molar refractivity (Wildman–Crippen MR) is 202 cm³/mol. The van der Waals surface area contributed by atoms with E-state index in [2.05, 4.69) is 0 Å². The molecule has 4 aromatic rings. The van der Waals surface area contributed by atoms with Crippen molar-refractivity contribution < 1.29 is 63.0 Å². The fraction of sp³-hybridized carbons (Fsp3) is 0.350. The molecule has 0 heterocycles. The van der Waals surface area contributed by atoms with Gasteiger partial charge in [-0.3, -0.25) is 9.59 Å². The lowest BCUT2D eigenvalue weighted by Crippen LogP contribution is -2.30. The molecule has 0 spiro atoms. The molecule has 0 aliphatic carbocycles. The zero-order valence-electron chi connectivity index (χ0n) is 30.3. The van der Waals surface area contributed by atoms with Gasteiger partial charge in [0, 0.05) is 5.02 Å². The quantitative estimate of drug-likeness (QED) is 0.0744. The lowest BCUT2D eigenvalue weighted by molar-refractivity contribution is -0.138. The van der Waals surface area contributed by atoms with Crippen LogP contribution >= 0.6 is 11.6 Å². The van der Waals surface area contributed by atoms with E-state index in [9.17, 15) is 63.0 Å². The van der Waals surface area contributed by atoms with Gasteiger partial charge in [0.15, 0.2) is 30.2 Å². The van der Waals surface area contributed by atoms with Crippen molar-refractivity contribution in [3.05, 3.63) is 130 Å². The first-order valence-corrected chi connectivity index (χ1v) is 21.2. The van der Waals surface area contributed by atoms with Crippen LogP contribution in [0.25, 0.3) is 0 Å². The minimum absolute atomic E-state index is 0.0358. The molecular weight excluding hydrogens is 822 g/mol. The molecule has 0 aromatic heterocycles. The Bertz CT molecular complexity index is 2140. The molecule has 4 rings (SSSR count). The van der Waals surface area contributed by atoms with Crippen LogP contribution in [0.2, 0.25) is 5.02 Å². The average Bonchev–Trinajstić information content (AvgIpc) is 3.14. The van der Waals surface area contributed by atoms with Crippen molar-refractivity contribution in [2.45, 2.75) is 96.9 Å². The average molecular weight is 863 g/mol. The Balaban J connectivity index is 0.000000306. The first kappa shape index (κ1) is 47.0. The van der Waals surface area contributed by atoms with E-state index < -0.39 is 65.6 Å². The third-order valence-electron chi connectivity index (χ3n) is 8.89. The molecule has 0 saturated heterocycles. The largest absolute Gasteiger partial charge is 0.480 e. The van der Waals surface area contributed by atoms with Crippen molar-refractivity contribution in [2.75, 3.05) is 0 Å². The highest BCUT2D eigenvalue weighted by Crippen LogP contribution is 2.31. The molecule has 0 aliphatic rings. The summed E-state index contributed by atoms with van der Waals surface area (Å²) in [5.74, 6) is -2.83. The van der Waals surface area contributed by atoms with Gasteiger partial charge in [-0.25, -0.2) is 16.8 Å². The SMILES string of the molecule is O=C(O)C(CCCCCc1cccc(C(F)(F)F)c1)S(=O)(=O)c1ccc(Cl)cc1.O=C(O)C(CCCCCc1cccc(C(F)(F)F)c1)S(=O)(=O)c1ccccc1. The molecular formula is C40H41ClF6O8S2. The number of rotatable bonds is 18. The van der Waals surface area contributed by atoms with Crippen molar-refractivity contribution in [1.82, 2.24) is 0 Å². The fourth-order valence-electron chi connectivity index (χ4n) is 5.86. The second-order valence-electron chi connectivity index (χ2n) is 13.1. The number of aliphatic carboxylic acids is 2. The number of carbonyl (C=O) groups is 2. The van der Waals surface area contributed by atoms with Gasteiger partial charge in [-0.1, -0.05) is 91.9 Å². The van der Waals surface area contributed by atoms with Gasteiger partial charge in [0.05, 0.1) is 20.9 Å². The van der Waals surface area contributed by atoms with Crippen molar-refractivity contribution in [2.24, 2.45) is 0 Å². The molecule has 2 atom stereocenters. The molecule has 2 unspecified atom stereocenters. The van der Waals surface area contributed by atoms with Gasteiger partial charge in [0.2, 0.25) is 0 Å². The lowest BCUT2D eigenvalue weighted by atomic mass is 10.0. The number of hydrogen-bond donors (Lipinski definition) is 2. The normalized spacial score (nSPS) is 13.2. The zero-order chi connectivity index (χ0) is 42.4. The first-order chi connectivity index (χ1) is 26.6. The summed E-state index contributed by atoms with van der Waals surface area (Å²) in [7, 11) is -8.05. The summed E-state index contributed by atoms with van der Waals surface area (Å²) in [4.78, 5) is 22.8. The molecule has 310 valence electrons. The van der Waals surface area contributed by atoms with Gasteiger partial charge in [-0.15, -0.1) is 0 Å². The number of alkyl halides is 6. The summed E-state index contributed by atoms with van der Waals surface area (Å²) < 4.78 is 126. The van der Waals surface area contributed by atoms with Crippen molar-refractivity contribution in [3.63, 3.8) is 0 Å². The van der Waals surface area contributed by atoms with Crippen LogP contribution < -0.4 is 0 Å². The molecule has 4 aromatic carbocycles. The van der Waals surface area contributed by atoms with Gasteiger partial charge in [-0.05, 0) is 98.2 Å². The van der Waals surface area contributed by atoms with Crippen LogP contribution in [-0.2, 0) is 54.5 Å². The van der Waals surface area contributed by atoms with E-state index in [0.29, 0.717) is 67.5 Å². The molecule has 17 heteroatoms. The molecule has 8 nitrogen and oxygen atoms in total. The van der Waals surface area contributed by atoms with E-state index in [0.717, 1.165) is 24.3 Å². The third kappa shape index (κ3) is 14.5. The Kier molecular flexibility index (Phi) is 17.2. The van der Waals surface area contributed by atoms with Crippen LogP contribution in [0.15, 0.2) is 113 Å². The smallest absolute Gasteiger partial charge is 0.416 e. The minimum atomic E-state index is -4.40. The number of sulfone groups is 2. The summed E-state index contributed by atoms with van der Waals surface area (Å²) in [5.41, 5.74) is -0.343. The van der Waals surface area contributed by atoms with Crippen molar-refractivity contribution >= 4 is 43.2 Å². The Labute approximate surface area is 332 Å². The number of carboxylic acids is 2. The van der Waals surface area contributed by atoms with Crippen LogP contribution in [0.4, 0.5) is 26.3 Å². The molecule has 57 heavy (non-hydrogen) atoms. The van der Waals surface area contributed by atoms with Crippen molar-refractivity contribution in [1.29, 1.82) is 0 Å². The zero-order valence-corrected chi connectivity index (χ0v) is 32.7. The number of unbranched alkanes of at least 4 members (excludes halogenated alkanes) is 4. The van der Waals surface area contributed by atoms with E-state index in [1.165, 1.54) is 60.7 Å². The summed E-state index contributed by atoms with van der Waals surface area (Å²) in [6, 6.07) is 22.8. The summed E-state index contributed by atoms with van der Waals surface area (Å²) in [6.07, 6.45) is -5.37. The first-order valence-electron chi connectivity index (χ1n) is 17.7. The van der Waals surface area contributed by atoms with Crippen LogP contribution in [0.3, 0.4) is 0 Å². The maximum absolute atomic E-state index is 12.7. The van der Waals surface area contributed by atoms with Gasteiger partial charge in [-0.2, -0.15) is 26.3 Å². The van der Waals surface area contributed by atoms with Crippen molar-refractivity contribution in [3.8, 4) is 0 Å². The molecule has 0 fully saturated rings. The second-order valence-corrected chi connectivity index (χ2v) is 17.8. The van der Waals surface area contributed by atoms with Crippen LogP contribution in [0.1, 0.15) is 73.6 Å². The number of hydrogen-bond acceptors (Lipinski definition) is 6. The number of benzene rings is 4. The second kappa shape index (κ2) is 20.8. The third-order valence-corrected chi connectivity index (χ3v) is 13.4. The van der Waals surface area contributed by atoms with E-state index in [-0.39, 0.29) is 22.6 Å². The monoisotopic (exact) mass is 862 g/mol. The predicted octanol–water partition coefficient (Wildman–Crippen LogP) is 10.1. The van der Waals surface area contributed by atoms with Gasteiger partial charge in [0.1, 0.15) is 0 Å². The maximum atomic E-state index is 12.7. The Morgan fingerprint density at radius 1 is 0.526 bits per heavy atom. The summed E-state index contributed by atoms with van der Waals surface area (Å²) in [5, 5.41) is 15.9. The highest BCUT2D eigenvalue weighted by Gasteiger charge is 2.35. The number of aryl methyl sites for hydroxylation is 2. The Hall–Kier alpha value is -4.41. The van der Waals surface area contributed by atoms with E-state index in [4.69, 9.17) is 11.6 Å². The highest BCUT2D eigenvalue weighted by molar-refractivity contribution is 7.93. The number of halogens is 7. The minimum Gasteiger partial charge on any atom is -0.480 e. The maximum Gasteiger partial charge on any atom is 0.416 e. The van der Waals surface area contributed by atoms with Gasteiger partial charge >= 0.3 is 24.3 Å². The van der Waals surface area contributed by atoms with Crippen LogP contribution in [0.5, 0.6) is 0 Å². The Morgan fingerprint density at radius 3 is 1.28 bits per heavy atom. The molecule has 2 N–H and O–H groups in total. The van der Waals surface area contributed by atoms with E-state index >= 15 is 0 Å². The molecule has 0 radical (unpaired) electrons. The summed E-state index contributed by atoms with van der Waals surface area (Å²) >= 11 is 5.73. The van der Waals surface area contributed by atoms with Gasteiger partial charge in [0.25, 0.3) is 0 Å². The molecule has 0 bridgehead atoms. The number of carboxylic acid groups (broad SMARTS) is 2. The van der Waals surface area contributed by atoms with Crippen LogP contribution in [-0.4, -0.2) is 49.5 Å². The fourth-order valence-corrected chi connectivity index (χ4v) is 9.18. The molecule has 0 amide bonds. The van der Waals surface area contributed by atoms with E-state index in [1.54, 1.807) is 18.2 Å².